The number of nitrogens with zero attached hydrogens (tertiary/aromatic N) is 1. The third-order valence-electron chi connectivity index (χ3n) is 2.22. The predicted octanol–water partition coefficient (Wildman–Crippen LogP) is 1.73. The third-order valence-corrected chi connectivity index (χ3v) is 2.22. The van der Waals surface area contributed by atoms with Crippen LogP contribution in [0.15, 0.2) is 18.5 Å². The van der Waals surface area contributed by atoms with Gasteiger partial charge in [-0.05, 0) is 24.0 Å². The first-order valence-electron chi connectivity index (χ1n) is 5.45. The molecule has 1 rings (SSSR count). The molecule has 0 saturated heterocycles. The first-order valence-corrected chi connectivity index (χ1v) is 5.45. The van der Waals surface area contributed by atoms with Gasteiger partial charge in [-0.15, -0.1) is 0 Å². The maximum absolute atomic E-state index is 11.3. The van der Waals surface area contributed by atoms with Gasteiger partial charge in [0, 0.05) is 32.4 Å². The molecule has 1 amide bonds. The number of amides is 1. The first kappa shape index (κ1) is 11.8. The molecule has 0 unspecified atom stereocenters. The summed E-state index contributed by atoms with van der Waals surface area (Å²) in [5, 5.41) is 2.92. The molecule has 15 heavy (non-hydrogen) atoms. The quantitative estimate of drug-likeness (QED) is 0.785. The van der Waals surface area contributed by atoms with Gasteiger partial charge in [0.1, 0.15) is 0 Å². The zero-order chi connectivity index (χ0) is 11.3. The first-order chi connectivity index (χ1) is 7.08. The van der Waals surface area contributed by atoms with Crippen molar-refractivity contribution < 1.29 is 4.79 Å². The van der Waals surface area contributed by atoms with E-state index in [0.717, 1.165) is 13.0 Å². The molecule has 84 valence electrons. The van der Waals surface area contributed by atoms with Crippen LogP contribution in [0.4, 0.5) is 0 Å². The van der Waals surface area contributed by atoms with Crippen LogP contribution < -0.4 is 5.32 Å². The van der Waals surface area contributed by atoms with Gasteiger partial charge in [0.15, 0.2) is 0 Å². The summed E-state index contributed by atoms with van der Waals surface area (Å²) < 4.78 is 2.02. The fourth-order valence-corrected chi connectivity index (χ4v) is 1.50. The number of hydrogen-bond donors (Lipinski definition) is 1. The van der Waals surface area contributed by atoms with Gasteiger partial charge in [0.05, 0.1) is 0 Å². The minimum atomic E-state index is 0.154. The summed E-state index contributed by atoms with van der Waals surface area (Å²) in [6.07, 6.45) is 5.62. The van der Waals surface area contributed by atoms with E-state index < -0.39 is 0 Å². The van der Waals surface area contributed by atoms with Crippen molar-refractivity contribution in [3.05, 3.63) is 24.0 Å². The molecule has 0 spiro atoms. The molecule has 3 nitrogen and oxygen atoms in total. The summed E-state index contributed by atoms with van der Waals surface area (Å²) in [4.78, 5) is 11.3. The summed E-state index contributed by atoms with van der Waals surface area (Å²) in [7, 11) is 2.00. The lowest BCUT2D eigenvalue weighted by atomic mass is 10.1. The van der Waals surface area contributed by atoms with Crippen LogP contribution in [0, 0.1) is 5.92 Å². The molecular weight excluding hydrogens is 188 g/mol. The summed E-state index contributed by atoms with van der Waals surface area (Å²) >= 11 is 0. The number of aromatic nitrogens is 1. The molecule has 0 aromatic carbocycles. The van der Waals surface area contributed by atoms with Crippen LogP contribution in [0.5, 0.6) is 0 Å². The molecule has 0 radical (unpaired) electrons. The van der Waals surface area contributed by atoms with Gasteiger partial charge in [0.25, 0.3) is 0 Å². The van der Waals surface area contributed by atoms with E-state index >= 15 is 0 Å². The SMILES string of the molecule is CC(C)CC(=O)NCCc1ccn(C)c1. The predicted molar refractivity (Wildman–Crippen MR) is 61.6 cm³/mol. The van der Waals surface area contributed by atoms with Crippen LogP contribution in [0.2, 0.25) is 0 Å². The molecule has 0 aliphatic heterocycles. The molecule has 1 N–H and O–H groups in total. The molecule has 1 aromatic rings. The van der Waals surface area contributed by atoms with Crippen LogP contribution in [0.1, 0.15) is 25.8 Å². The average molecular weight is 208 g/mol. The minimum Gasteiger partial charge on any atom is -0.357 e. The molecule has 3 heteroatoms. The summed E-state index contributed by atoms with van der Waals surface area (Å²) in [5.41, 5.74) is 1.27. The second kappa shape index (κ2) is 5.59. The number of aryl methyl sites for hydroxylation is 1. The Morgan fingerprint density at radius 3 is 2.80 bits per heavy atom. The fraction of sp³-hybridized carbons (Fsp3) is 0.583. The maximum atomic E-state index is 11.3. The Morgan fingerprint density at radius 1 is 1.53 bits per heavy atom. The molecule has 0 bridgehead atoms. The van der Waals surface area contributed by atoms with E-state index in [1.807, 2.05) is 17.8 Å². The molecular formula is C12H20N2O. The molecule has 0 aliphatic carbocycles. The van der Waals surface area contributed by atoms with Crippen LogP contribution >= 0.6 is 0 Å². The van der Waals surface area contributed by atoms with Gasteiger partial charge in [-0.25, -0.2) is 0 Å². The third kappa shape index (κ3) is 4.68. The summed E-state index contributed by atoms with van der Waals surface area (Å²) in [6.45, 7) is 4.84. The largest absolute Gasteiger partial charge is 0.357 e. The van der Waals surface area contributed by atoms with Crippen LogP contribution in [0.25, 0.3) is 0 Å². The smallest absolute Gasteiger partial charge is 0.220 e. The van der Waals surface area contributed by atoms with Gasteiger partial charge >= 0.3 is 0 Å². The molecule has 0 saturated carbocycles. The van der Waals surface area contributed by atoms with Crippen molar-refractivity contribution >= 4 is 5.91 Å². The number of rotatable bonds is 5. The average Bonchev–Trinajstić information content (AvgIpc) is 2.50. The van der Waals surface area contributed by atoms with E-state index in [0.29, 0.717) is 12.3 Å². The maximum Gasteiger partial charge on any atom is 0.220 e. The second-order valence-corrected chi connectivity index (χ2v) is 4.38. The van der Waals surface area contributed by atoms with Crippen molar-refractivity contribution in [2.24, 2.45) is 13.0 Å². The van der Waals surface area contributed by atoms with E-state index in [1.54, 1.807) is 0 Å². The second-order valence-electron chi connectivity index (χ2n) is 4.38. The lowest BCUT2D eigenvalue weighted by Gasteiger charge is -2.06. The van der Waals surface area contributed by atoms with Crippen molar-refractivity contribution in [3.8, 4) is 0 Å². The normalized spacial score (nSPS) is 10.7. The van der Waals surface area contributed by atoms with Crippen LogP contribution in [-0.4, -0.2) is 17.0 Å². The number of carbonyl (C=O) groups excluding carboxylic acids is 1. The Balaban J connectivity index is 2.19. The minimum absolute atomic E-state index is 0.154. The van der Waals surface area contributed by atoms with Gasteiger partial charge in [-0.3, -0.25) is 4.79 Å². The zero-order valence-corrected chi connectivity index (χ0v) is 9.79. The van der Waals surface area contributed by atoms with Crippen molar-refractivity contribution in [3.63, 3.8) is 0 Å². The highest BCUT2D eigenvalue weighted by Gasteiger charge is 2.03. The van der Waals surface area contributed by atoms with Gasteiger partial charge < -0.3 is 9.88 Å². The van der Waals surface area contributed by atoms with Crippen molar-refractivity contribution in [1.29, 1.82) is 0 Å². The van der Waals surface area contributed by atoms with Gasteiger partial charge in [-0.2, -0.15) is 0 Å². The van der Waals surface area contributed by atoms with Crippen LogP contribution in [0.3, 0.4) is 0 Å². The molecule has 0 fully saturated rings. The highest BCUT2D eigenvalue weighted by molar-refractivity contribution is 5.76. The molecule has 1 aromatic heterocycles. The number of carbonyl (C=O) groups is 1. The molecule has 0 aliphatic rings. The molecule has 1 heterocycles. The van der Waals surface area contributed by atoms with Crippen LogP contribution in [-0.2, 0) is 18.3 Å². The highest BCUT2D eigenvalue weighted by atomic mass is 16.1. The van der Waals surface area contributed by atoms with E-state index in [1.165, 1.54) is 5.56 Å². The van der Waals surface area contributed by atoms with E-state index in [4.69, 9.17) is 0 Å². The monoisotopic (exact) mass is 208 g/mol. The lowest BCUT2D eigenvalue weighted by molar-refractivity contribution is -0.121. The highest BCUT2D eigenvalue weighted by Crippen LogP contribution is 2.01. The zero-order valence-electron chi connectivity index (χ0n) is 9.79. The Morgan fingerprint density at radius 2 is 2.27 bits per heavy atom. The fourth-order valence-electron chi connectivity index (χ4n) is 1.50. The number of hydrogen-bond acceptors (Lipinski definition) is 1. The van der Waals surface area contributed by atoms with Crippen molar-refractivity contribution in [2.75, 3.05) is 6.54 Å². The van der Waals surface area contributed by atoms with Gasteiger partial charge in [0.2, 0.25) is 5.91 Å². The molecule has 0 atom stereocenters. The summed E-state index contributed by atoms with van der Waals surface area (Å²) in [5.74, 6) is 0.586. The Kier molecular flexibility index (Phi) is 4.40. The van der Waals surface area contributed by atoms with Gasteiger partial charge in [-0.1, -0.05) is 13.8 Å². The van der Waals surface area contributed by atoms with Crippen molar-refractivity contribution in [1.82, 2.24) is 9.88 Å². The van der Waals surface area contributed by atoms with E-state index in [9.17, 15) is 4.79 Å². The Bertz CT molecular complexity index is 315. The number of nitrogens with one attached hydrogen (secondary N) is 1. The van der Waals surface area contributed by atoms with E-state index in [2.05, 4.69) is 31.4 Å². The van der Waals surface area contributed by atoms with E-state index in [-0.39, 0.29) is 5.91 Å². The standard InChI is InChI=1S/C12H20N2O/c1-10(2)8-12(15)13-6-4-11-5-7-14(3)9-11/h5,7,9-10H,4,6,8H2,1-3H3,(H,13,15). The van der Waals surface area contributed by atoms with Crippen molar-refractivity contribution in [2.45, 2.75) is 26.7 Å². The summed E-state index contributed by atoms with van der Waals surface area (Å²) in [6, 6.07) is 2.08. The topological polar surface area (TPSA) is 34.0 Å². The Hall–Kier alpha value is -1.25. The Labute approximate surface area is 91.5 Å². The lowest BCUT2D eigenvalue weighted by Crippen LogP contribution is -2.26.